The SMILES string of the molecule is O=C(O)C1(C2CCCCCC2)CCOc2ccccc21. The summed E-state index contributed by atoms with van der Waals surface area (Å²) in [7, 11) is 0. The van der Waals surface area contributed by atoms with Crippen molar-refractivity contribution in [1.82, 2.24) is 0 Å². The van der Waals surface area contributed by atoms with E-state index in [1.807, 2.05) is 24.3 Å². The molecule has 108 valence electrons. The highest BCUT2D eigenvalue weighted by Crippen LogP contribution is 2.48. The zero-order valence-electron chi connectivity index (χ0n) is 11.8. The van der Waals surface area contributed by atoms with E-state index in [2.05, 4.69) is 0 Å². The average Bonchev–Trinajstić information content (AvgIpc) is 2.75. The second-order valence-electron chi connectivity index (χ2n) is 6.06. The Balaban J connectivity index is 2.06. The highest BCUT2D eigenvalue weighted by Gasteiger charge is 2.50. The fourth-order valence-electron chi connectivity index (χ4n) is 4.01. The first-order valence-corrected chi connectivity index (χ1v) is 7.71. The normalized spacial score (nSPS) is 27.2. The van der Waals surface area contributed by atoms with Crippen LogP contribution < -0.4 is 4.74 Å². The lowest BCUT2D eigenvalue weighted by Crippen LogP contribution is -2.46. The van der Waals surface area contributed by atoms with E-state index < -0.39 is 11.4 Å². The largest absolute Gasteiger partial charge is 0.493 e. The molecule has 1 aromatic rings. The zero-order valence-corrected chi connectivity index (χ0v) is 11.8. The van der Waals surface area contributed by atoms with E-state index in [0.29, 0.717) is 13.0 Å². The van der Waals surface area contributed by atoms with Crippen LogP contribution in [0.15, 0.2) is 24.3 Å². The first-order valence-electron chi connectivity index (χ1n) is 7.71. The second-order valence-corrected chi connectivity index (χ2v) is 6.06. The molecule has 1 fully saturated rings. The van der Waals surface area contributed by atoms with Crippen LogP contribution >= 0.6 is 0 Å². The Morgan fingerprint density at radius 3 is 2.55 bits per heavy atom. The van der Waals surface area contributed by atoms with Crippen LogP contribution in [0.25, 0.3) is 0 Å². The number of carboxylic acid groups (broad SMARTS) is 1. The third kappa shape index (κ3) is 2.09. The van der Waals surface area contributed by atoms with E-state index in [9.17, 15) is 9.90 Å². The van der Waals surface area contributed by atoms with Crippen LogP contribution in [0.5, 0.6) is 5.75 Å². The molecule has 1 N–H and O–H groups in total. The van der Waals surface area contributed by atoms with Gasteiger partial charge in [-0.05, 0) is 24.8 Å². The second kappa shape index (κ2) is 5.47. The van der Waals surface area contributed by atoms with Crippen molar-refractivity contribution in [3.63, 3.8) is 0 Å². The minimum Gasteiger partial charge on any atom is -0.493 e. The standard InChI is InChI=1S/C17H22O3/c18-16(19)17(13-7-3-1-2-4-8-13)11-12-20-15-10-6-5-9-14(15)17/h5-6,9-10,13H,1-4,7-8,11-12H2,(H,18,19). The Morgan fingerprint density at radius 2 is 1.85 bits per heavy atom. The Bertz CT molecular complexity index is 489. The van der Waals surface area contributed by atoms with Crippen molar-refractivity contribution in [3.05, 3.63) is 29.8 Å². The Hall–Kier alpha value is -1.51. The summed E-state index contributed by atoms with van der Waals surface area (Å²) in [6, 6.07) is 7.71. The number of ether oxygens (including phenoxy) is 1. The van der Waals surface area contributed by atoms with Gasteiger partial charge in [0.2, 0.25) is 0 Å². The third-order valence-electron chi connectivity index (χ3n) is 5.06. The van der Waals surface area contributed by atoms with Crippen molar-refractivity contribution in [2.24, 2.45) is 5.92 Å². The monoisotopic (exact) mass is 274 g/mol. The highest BCUT2D eigenvalue weighted by atomic mass is 16.5. The summed E-state index contributed by atoms with van der Waals surface area (Å²) >= 11 is 0. The van der Waals surface area contributed by atoms with E-state index >= 15 is 0 Å². The van der Waals surface area contributed by atoms with Gasteiger partial charge in [0.25, 0.3) is 0 Å². The van der Waals surface area contributed by atoms with E-state index in [0.717, 1.165) is 37.0 Å². The van der Waals surface area contributed by atoms with Gasteiger partial charge in [-0.3, -0.25) is 4.79 Å². The number of carbonyl (C=O) groups is 1. The molecule has 1 heterocycles. The summed E-state index contributed by atoms with van der Waals surface area (Å²) in [4.78, 5) is 12.2. The predicted molar refractivity (Wildman–Crippen MR) is 77.1 cm³/mol. The number of fused-ring (bicyclic) bond motifs is 1. The van der Waals surface area contributed by atoms with Gasteiger partial charge in [-0.2, -0.15) is 0 Å². The summed E-state index contributed by atoms with van der Waals surface area (Å²) in [6.07, 6.45) is 7.45. The molecule has 3 heteroatoms. The van der Waals surface area contributed by atoms with Gasteiger partial charge in [0.1, 0.15) is 11.2 Å². The lowest BCUT2D eigenvalue weighted by molar-refractivity contribution is -0.148. The first-order chi connectivity index (χ1) is 9.75. The number of benzene rings is 1. The van der Waals surface area contributed by atoms with Gasteiger partial charge >= 0.3 is 5.97 Å². The van der Waals surface area contributed by atoms with Crippen LogP contribution in [0.1, 0.15) is 50.5 Å². The van der Waals surface area contributed by atoms with Gasteiger partial charge in [-0.15, -0.1) is 0 Å². The van der Waals surface area contributed by atoms with Crippen LogP contribution in [-0.2, 0) is 10.2 Å². The molecule has 1 saturated carbocycles. The summed E-state index contributed by atoms with van der Waals surface area (Å²) in [5.41, 5.74) is 0.157. The maximum atomic E-state index is 12.2. The van der Waals surface area contributed by atoms with E-state index in [4.69, 9.17) is 4.74 Å². The highest BCUT2D eigenvalue weighted by molar-refractivity contribution is 5.83. The molecule has 0 aromatic heterocycles. The molecule has 1 unspecified atom stereocenters. The van der Waals surface area contributed by atoms with Crippen molar-refractivity contribution >= 4 is 5.97 Å². The summed E-state index contributed by atoms with van der Waals surface area (Å²) in [5.74, 6) is 0.345. The number of hydrogen-bond donors (Lipinski definition) is 1. The topological polar surface area (TPSA) is 46.5 Å². The average molecular weight is 274 g/mol. The van der Waals surface area contributed by atoms with Crippen molar-refractivity contribution < 1.29 is 14.6 Å². The van der Waals surface area contributed by atoms with Crippen molar-refractivity contribution in [2.45, 2.75) is 50.4 Å². The molecule has 3 nitrogen and oxygen atoms in total. The lowest BCUT2D eigenvalue weighted by atomic mass is 9.64. The van der Waals surface area contributed by atoms with Gasteiger partial charge in [0, 0.05) is 12.0 Å². The molecule has 1 atom stereocenters. The van der Waals surface area contributed by atoms with Crippen LogP contribution in [0.3, 0.4) is 0 Å². The zero-order chi connectivity index (χ0) is 14.0. The van der Waals surface area contributed by atoms with Gasteiger partial charge in [0.15, 0.2) is 0 Å². The molecule has 0 bridgehead atoms. The minimum absolute atomic E-state index is 0.243. The number of hydrogen-bond acceptors (Lipinski definition) is 2. The molecular weight excluding hydrogens is 252 g/mol. The Kier molecular flexibility index (Phi) is 3.68. The molecule has 1 aliphatic heterocycles. The van der Waals surface area contributed by atoms with Crippen molar-refractivity contribution in [2.75, 3.05) is 6.61 Å². The molecule has 0 saturated heterocycles. The summed E-state index contributed by atoms with van der Waals surface area (Å²) in [5, 5.41) is 10.0. The van der Waals surface area contributed by atoms with E-state index in [-0.39, 0.29) is 5.92 Å². The van der Waals surface area contributed by atoms with Crippen molar-refractivity contribution in [1.29, 1.82) is 0 Å². The lowest BCUT2D eigenvalue weighted by Gasteiger charge is -2.41. The van der Waals surface area contributed by atoms with Crippen LogP contribution in [0.4, 0.5) is 0 Å². The minimum atomic E-state index is -0.737. The van der Waals surface area contributed by atoms with Gasteiger partial charge in [-0.1, -0.05) is 43.9 Å². The van der Waals surface area contributed by atoms with E-state index in [1.54, 1.807) is 0 Å². The Morgan fingerprint density at radius 1 is 1.15 bits per heavy atom. The van der Waals surface area contributed by atoms with Gasteiger partial charge < -0.3 is 9.84 Å². The van der Waals surface area contributed by atoms with Crippen molar-refractivity contribution in [3.8, 4) is 5.75 Å². The smallest absolute Gasteiger partial charge is 0.314 e. The molecular formula is C17H22O3. The number of para-hydroxylation sites is 1. The Labute approximate surface area is 120 Å². The molecule has 1 aliphatic carbocycles. The molecule has 0 spiro atoms. The number of rotatable bonds is 2. The van der Waals surface area contributed by atoms with Crippen LogP contribution in [0, 0.1) is 5.92 Å². The molecule has 20 heavy (non-hydrogen) atoms. The molecule has 0 amide bonds. The summed E-state index contributed by atoms with van der Waals surface area (Å²) in [6.45, 7) is 0.514. The predicted octanol–water partition coefficient (Wildman–Crippen LogP) is 3.76. The van der Waals surface area contributed by atoms with E-state index in [1.165, 1.54) is 12.8 Å². The number of aliphatic carboxylic acids is 1. The summed E-state index contributed by atoms with van der Waals surface area (Å²) < 4.78 is 5.69. The van der Waals surface area contributed by atoms with Gasteiger partial charge in [-0.25, -0.2) is 0 Å². The molecule has 3 rings (SSSR count). The van der Waals surface area contributed by atoms with Crippen LogP contribution in [-0.4, -0.2) is 17.7 Å². The van der Waals surface area contributed by atoms with Crippen LogP contribution in [0.2, 0.25) is 0 Å². The maximum absolute atomic E-state index is 12.2. The molecule has 2 aliphatic rings. The van der Waals surface area contributed by atoms with Gasteiger partial charge in [0.05, 0.1) is 6.61 Å². The molecule has 1 aromatic carbocycles. The fraction of sp³-hybridized carbons (Fsp3) is 0.588. The fourth-order valence-corrected chi connectivity index (χ4v) is 4.01. The quantitative estimate of drug-likeness (QED) is 0.835. The number of carboxylic acids is 1. The third-order valence-corrected chi connectivity index (χ3v) is 5.06. The maximum Gasteiger partial charge on any atom is 0.314 e. The molecule has 0 radical (unpaired) electrons. The first kappa shape index (κ1) is 13.5.